The number of rotatable bonds is 3. The lowest BCUT2D eigenvalue weighted by Crippen LogP contribution is -2.34. The van der Waals surface area contributed by atoms with Gasteiger partial charge in [-0.15, -0.1) is 0 Å². The summed E-state index contributed by atoms with van der Waals surface area (Å²) in [6.07, 6.45) is 0.198. The average molecular weight is 327 g/mol. The van der Waals surface area contributed by atoms with E-state index in [0.29, 0.717) is 17.3 Å². The van der Waals surface area contributed by atoms with Crippen LogP contribution in [0.1, 0.15) is 29.7 Å². The lowest BCUT2D eigenvalue weighted by molar-refractivity contribution is 0.0194. The molecule has 0 amide bonds. The fourth-order valence-electron chi connectivity index (χ4n) is 2.63. The van der Waals surface area contributed by atoms with Crippen LogP contribution in [0.2, 0.25) is 0 Å². The smallest absolute Gasteiger partial charge is 0.260 e. The molecule has 0 aromatic carbocycles. The first kappa shape index (κ1) is 15.2. The van der Waals surface area contributed by atoms with Crippen molar-refractivity contribution < 1.29 is 22.5 Å². The van der Waals surface area contributed by atoms with Crippen LogP contribution in [0.15, 0.2) is 19.9 Å². The van der Waals surface area contributed by atoms with Crippen molar-refractivity contribution in [1.82, 2.24) is 14.4 Å². The Labute approximate surface area is 127 Å². The molecule has 120 valence electrons. The predicted molar refractivity (Wildman–Crippen MR) is 74.5 cm³/mol. The van der Waals surface area contributed by atoms with Crippen molar-refractivity contribution in [2.24, 2.45) is 0 Å². The molecule has 0 spiro atoms. The van der Waals surface area contributed by atoms with E-state index in [4.69, 9.17) is 8.94 Å². The second-order valence-electron chi connectivity index (χ2n) is 5.54. The molecule has 0 unspecified atom stereocenters. The monoisotopic (exact) mass is 327 g/mol. The number of hydrogen-bond acceptors (Lipinski definition) is 7. The van der Waals surface area contributed by atoms with Crippen molar-refractivity contribution in [3.8, 4) is 0 Å². The molecule has 22 heavy (non-hydrogen) atoms. The molecule has 0 aliphatic carbocycles. The lowest BCUT2D eigenvalue weighted by atomic mass is 10.0. The van der Waals surface area contributed by atoms with Gasteiger partial charge in [-0.25, -0.2) is 8.42 Å². The molecule has 1 aliphatic heterocycles. The third kappa shape index (κ3) is 2.34. The molecule has 1 atom stereocenters. The molecule has 8 nitrogen and oxygen atoms in total. The Morgan fingerprint density at radius 3 is 2.64 bits per heavy atom. The number of β-amino-alcohol motifs (C(OH)–C–C–N with tert-alkyl or cyclic N) is 1. The van der Waals surface area contributed by atoms with E-state index in [-0.39, 0.29) is 30.3 Å². The van der Waals surface area contributed by atoms with Crippen LogP contribution in [-0.4, -0.2) is 41.1 Å². The van der Waals surface area contributed by atoms with Crippen LogP contribution in [0.4, 0.5) is 0 Å². The van der Waals surface area contributed by atoms with E-state index in [1.165, 1.54) is 10.4 Å². The van der Waals surface area contributed by atoms with Crippen LogP contribution in [0.3, 0.4) is 0 Å². The first-order valence-electron chi connectivity index (χ1n) is 6.83. The Morgan fingerprint density at radius 2 is 2.09 bits per heavy atom. The highest BCUT2D eigenvalue weighted by Crippen LogP contribution is 2.35. The van der Waals surface area contributed by atoms with Gasteiger partial charge in [-0.1, -0.05) is 5.16 Å². The van der Waals surface area contributed by atoms with Crippen molar-refractivity contribution in [2.75, 3.05) is 13.1 Å². The van der Waals surface area contributed by atoms with Crippen molar-refractivity contribution in [3.63, 3.8) is 0 Å². The second-order valence-corrected chi connectivity index (χ2v) is 7.45. The molecule has 0 radical (unpaired) electrons. The van der Waals surface area contributed by atoms with E-state index in [9.17, 15) is 13.5 Å². The van der Waals surface area contributed by atoms with E-state index in [2.05, 4.69) is 10.1 Å². The summed E-state index contributed by atoms with van der Waals surface area (Å²) < 4.78 is 36.9. The molecule has 1 aliphatic rings. The minimum absolute atomic E-state index is 0.0443. The topological polar surface area (TPSA) is 110 Å². The molecule has 1 saturated heterocycles. The number of furan rings is 1. The highest BCUT2D eigenvalue weighted by atomic mass is 32.2. The molecular weight excluding hydrogens is 310 g/mol. The highest BCUT2D eigenvalue weighted by molar-refractivity contribution is 7.89. The number of hydrogen-bond donors (Lipinski definition) is 1. The summed E-state index contributed by atoms with van der Waals surface area (Å²) in [6, 6.07) is 1.49. The van der Waals surface area contributed by atoms with Crippen LogP contribution in [0.25, 0.3) is 0 Å². The van der Waals surface area contributed by atoms with Crippen LogP contribution < -0.4 is 0 Å². The summed E-state index contributed by atoms with van der Waals surface area (Å²) in [5, 5.41) is 14.2. The normalized spacial score (nSPS) is 23.3. The summed E-state index contributed by atoms with van der Waals surface area (Å²) in [6.45, 7) is 4.97. The number of aromatic nitrogens is 2. The maximum absolute atomic E-state index is 12.7. The van der Waals surface area contributed by atoms with E-state index in [1.807, 2.05) is 0 Å². The molecule has 0 saturated carbocycles. The highest BCUT2D eigenvalue weighted by Gasteiger charge is 2.47. The van der Waals surface area contributed by atoms with E-state index >= 15 is 0 Å². The molecule has 0 bridgehead atoms. The van der Waals surface area contributed by atoms with Gasteiger partial charge in [-0.05, 0) is 26.8 Å². The minimum atomic E-state index is -3.73. The Bertz CT molecular complexity index is 810. The lowest BCUT2D eigenvalue weighted by Gasteiger charge is -2.19. The molecular formula is C13H17N3O5S. The SMILES string of the molecule is Cc1noc([C@@]2(O)CCN(S(=O)(=O)c3cc(C)oc3C)C2)n1. The van der Waals surface area contributed by atoms with Gasteiger partial charge in [0.1, 0.15) is 16.4 Å². The molecule has 2 aromatic rings. The third-order valence-corrected chi connectivity index (χ3v) is 5.70. The van der Waals surface area contributed by atoms with Crippen molar-refractivity contribution in [3.05, 3.63) is 29.3 Å². The Hall–Kier alpha value is -1.71. The minimum Gasteiger partial charge on any atom is -0.465 e. The molecule has 9 heteroatoms. The predicted octanol–water partition coefficient (Wildman–Crippen LogP) is 0.870. The summed E-state index contributed by atoms with van der Waals surface area (Å²) in [5.74, 6) is 1.30. The van der Waals surface area contributed by atoms with Gasteiger partial charge >= 0.3 is 0 Å². The quantitative estimate of drug-likeness (QED) is 0.890. The van der Waals surface area contributed by atoms with Crippen LogP contribution in [-0.2, 0) is 15.6 Å². The molecule has 3 rings (SSSR count). The maximum Gasteiger partial charge on any atom is 0.260 e. The maximum atomic E-state index is 12.7. The van der Waals surface area contributed by atoms with Gasteiger partial charge in [-0.2, -0.15) is 9.29 Å². The largest absolute Gasteiger partial charge is 0.465 e. The van der Waals surface area contributed by atoms with Crippen LogP contribution in [0, 0.1) is 20.8 Å². The van der Waals surface area contributed by atoms with Crippen LogP contribution >= 0.6 is 0 Å². The zero-order chi connectivity index (χ0) is 16.1. The number of sulfonamides is 1. The van der Waals surface area contributed by atoms with Gasteiger partial charge in [0, 0.05) is 13.0 Å². The Balaban J connectivity index is 1.90. The van der Waals surface area contributed by atoms with E-state index in [0.717, 1.165) is 0 Å². The van der Waals surface area contributed by atoms with Crippen molar-refractivity contribution >= 4 is 10.0 Å². The number of nitrogens with zero attached hydrogens (tertiary/aromatic N) is 3. The van der Waals surface area contributed by atoms with Gasteiger partial charge in [-0.3, -0.25) is 0 Å². The molecule has 3 heterocycles. The average Bonchev–Trinajstić information content (AvgIpc) is 3.10. The Kier molecular flexibility index (Phi) is 3.38. The summed E-state index contributed by atoms with van der Waals surface area (Å²) >= 11 is 0. The standard InChI is InChI=1S/C13H17N3O5S/c1-8-6-11(9(2)20-8)22(18,19)16-5-4-13(17,7-16)12-14-10(3)15-21-12/h6,17H,4-5,7H2,1-3H3/t13-/m1/s1. The third-order valence-electron chi connectivity index (χ3n) is 3.75. The summed E-state index contributed by atoms with van der Waals surface area (Å²) in [5.41, 5.74) is -1.46. The fourth-order valence-corrected chi connectivity index (χ4v) is 4.34. The van der Waals surface area contributed by atoms with Crippen molar-refractivity contribution in [1.29, 1.82) is 0 Å². The van der Waals surface area contributed by atoms with Gasteiger partial charge in [0.25, 0.3) is 5.89 Å². The second kappa shape index (κ2) is 4.90. The number of aliphatic hydroxyl groups is 1. The molecule has 1 fully saturated rings. The first-order chi connectivity index (χ1) is 10.2. The first-order valence-corrected chi connectivity index (χ1v) is 8.27. The number of aryl methyl sites for hydroxylation is 3. The van der Waals surface area contributed by atoms with Crippen LogP contribution in [0.5, 0.6) is 0 Å². The van der Waals surface area contributed by atoms with E-state index < -0.39 is 15.6 Å². The van der Waals surface area contributed by atoms with Gasteiger partial charge < -0.3 is 14.0 Å². The summed E-state index contributed by atoms with van der Waals surface area (Å²) in [4.78, 5) is 4.13. The molecule has 2 aromatic heterocycles. The van der Waals surface area contributed by atoms with Crippen molar-refractivity contribution in [2.45, 2.75) is 37.7 Å². The van der Waals surface area contributed by atoms with Gasteiger partial charge in [0.15, 0.2) is 11.4 Å². The van der Waals surface area contributed by atoms with Gasteiger partial charge in [0.2, 0.25) is 10.0 Å². The van der Waals surface area contributed by atoms with Gasteiger partial charge in [0.05, 0.1) is 6.54 Å². The fraction of sp³-hybridized carbons (Fsp3) is 0.538. The molecule has 1 N–H and O–H groups in total. The zero-order valence-electron chi connectivity index (χ0n) is 12.5. The van der Waals surface area contributed by atoms with E-state index in [1.54, 1.807) is 20.8 Å². The summed E-state index contributed by atoms with van der Waals surface area (Å²) in [7, 11) is -3.73. The zero-order valence-corrected chi connectivity index (χ0v) is 13.3. The Morgan fingerprint density at radius 1 is 1.36 bits per heavy atom.